The van der Waals surface area contributed by atoms with Crippen LogP contribution in [0.25, 0.3) is 0 Å². The average molecular weight is 529 g/mol. The molecule has 0 spiro atoms. The molecule has 0 N–H and O–H groups in total. The first-order chi connectivity index (χ1) is 13.1. The van der Waals surface area contributed by atoms with Gasteiger partial charge < -0.3 is 14.4 Å². The van der Waals surface area contributed by atoms with Crippen molar-refractivity contribution in [3.8, 4) is 5.75 Å². The van der Waals surface area contributed by atoms with E-state index < -0.39 is 12.1 Å². The molecule has 28 heavy (non-hydrogen) atoms. The van der Waals surface area contributed by atoms with Crippen LogP contribution < -0.4 is 4.74 Å². The lowest BCUT2D eigenvalue weighted by Gasteiger charge is -2.34. The molecule has 1 aliphatic heterocycles. The summed E-state index contributed by atoms with van der Waals surface area (Å²) in [6.45, 7) is 0.239. The minimum Gasteiger partial charge on any atom is -0.494 e. The summed E-state index contributed by atoms with van der Waals surface area (Å²) < 4.78 is 47.7. The first-order valence-corrected chi connectivity index (χ1v) is 10.3. The number of rotatable bonds is 4. The van der Waals surface area contributed by atoms with E-state index in [1.165, 1.54) is 7.11 Å². The van der Waals surface area contributed by atoms with Crippen LogP contribution in [0.2, 0.25) is 0 Å². The number of methoxy groups -OCH3 is 1. The highest BCUT2D eigenvalue weighted by molar-refractivity contribution is 9.11. The van der Waals surface area contributed by atoms with Crippen LogP contribution in [-0.4, -0.2) is 42.7 Å². The Hall–Kier alpha value is -1.29. The molecular weight excluding hydrogens is 511 g/mol. The largest absolute Gasteiger partial charge is 0.494 e. The molecule has 3 rings (SSSR count). The van der Waals surface area contributed by atoms with Gasteiger partial charge in [-0.3, -0.25) is 4.79 Å². The van der Waals surface area contributed by atoms with E-state index >= 15 is 0 Å². The molecule has 0 atom stereocenters. The van der Waals surface area contributed by atoms with Crippen molar-refractivity contribution in [3.05, 3.63) is 26.1 Å². The fourth-order valence-electron chi connectivity index (χ4n) is 3.79. The molecule has 0 saturated heterocycles. The van der Waals surface area contributed by atoms with Crippen molar-refractivity contribution in [2.24, 2.45) is 5.92 Å². The molecule has 0 aromatic heterocycles. The van der Waals surface area contributed by atoms with Gasteiger partial charge in [0.1, 0.15) is 5.75 Å². The summed E-state index contributed by atoms with van der Waals surface area (Å²) >= 11 is 6.89. The van der Waals surface area contributed by atoms with Crippen molar-refractivity contribution in [3.63, 3.8) is 0 Å². The van der Waals surface area contributed by atoms with E-state index in [9.17, 15) is 22.8 Å². The van der Waals surface area contributed by atoms with Gasteiger partial charge in [-0.1, -0.05) is 0 Å². The zero-order chi connectivity index (χ0) is 20.6. The van der Waals surface area contributed by atoms with Crippen molar-refractivity contribution >= 4 is 43.7 Å². The molecule has 1 amide bonds. The maximum Gasteiger partial charge on any atom is 0.490 e. The summed E-state index contributed by atoms with van der Waals surface area (Å²) in [5.41, 5.74) is 1.48. The third-order valence-corrected chi connectivity index (χ3v) is 6.56. The summed E-state index contributed by atoms with van der Waals surface area (Å²) in [6, 6.07) is 1.88. The lowest BCUT2D eigenvalue weighted by atomic mass is 9.86. The Morgan fingerprint density at radius 3 is 2.46 bits per heavy atom. The Kier molecular flexibility index (Phi) is 6.29. The van der Waals surface area contributed by atoms with Crippen LogP contribution in [0, 0.1) is 5.92 Å². The van der Waals surface area contributed by atoms with E-state index in [-0.39, 0.29) is 24.5 Å². The van der Waals surface area contributed by atoms with Crippen molar-refractivity contribution in [1.29, 1.82) is 0 Å². The van der Waals surface area contributed by atoms with Gasteiger partial charge in [-0.15, -0.1) is 0 Å². The Morgan fingerprint density at radius 2 is 1.89 bits per heavy atom. The number of esters is 1. The van der Waals surface area contributed by atoms with Crippen LogP contribution >= 0.6 is 31.9 Å². The summed E-state index contributed by atoms with van der Waals surface area (Å²) in [5.74, 6) is -1.79. The minimum atomic E-state index is -4.96. The van der Waals surface area contributed by atoms with Gasteiger partial charge in [-0.2, -0.15) is 13.2 Å². The van der Waals surface area contributed by atoms with Gasteiger partial charge in [0.05, 0.1) is 28.2 Å². The molecule has 1 aromatic rings. The van der Waals surface area contributed by atoms with Gasteiger partial charge in [0.15, 0.2) is 0 Å². The maximum absolute atomic E-state index is 12.9. The SMILES string of the molecule is COc1c(Br)cc2c(c1Br)C(=O)N(C1CCC(COC(=O)C(F)(F)F)CC1)C2. The van der Waals surface area contributed by atoms with Gasteiger partial charge in [-0.05, 0) is 75.1 Å². The molecule has 5 nitrogen and oxygen atoms in total. The van der Waals surface area contributed by atoms with Crippen LogP contribution in [0.4, 0.5) is 13.2 Å². The molecule has 154 valence electrons. The lowest BCUT2D eigenvalue weighted by Crippen LogP contribution is -2.39. The van der Waals surface area contributed by atoms with Crippen molar-refractivity contribution in [2.75, 3.05) is 13.7 Å². The Labute approximate surface area is 176 Å². The number of hydrogen-bond donors (Lipinski definition) is 0. The van der Waals surface area contributed by atoms with Crippen molar-refractivity contribution in [1.82, 2.24) is 4.90 Å². The normalized spacial score (nSPS) is 22.2. The number of hydrogen-bond acceptors (Lipinski definition) is 4. The molecule has 1 heterocycles. The maximum atomic E-state index is 12.9. The fourth-order valence-corrected chi connectivity index (χ4v) is 5.49. The Bertz CT molecular complexity index is 792. The molecule has 1 fully saturated rings. The number of ether oxygens (including phenoxy) is 2. The molecule has 1 aromatic carbocycles. The molecule has 0 unspecified atom stereocenters. The number of amides is 1. The molecule has 0 bridgehead atoms. The third kappa shape index (κ3) is 4.17. The molecule has 1 aliphatic carbocycles. The highest BCUT2D eigenvalue weighted by atomic mass is 79.9. The van der Waals surface area contributed by atoms with Gasteiger partial charge in [-0.25, -0.2) is 4.79 Å². The summed E-state index contributed by atoms with van der Waals surface area (Å²) in [6.07, 6.45) is -2.45. The molecule has 2 aliphatic rings. The highest BCUT2D eigenvalue weighted by Gasteiger charge is 2.42. The number of benzene rings is 1. The average Bonchev–Trinajstić information content (AvgIpc) is 2.96. The second-order valence-corrected chi connectivity index (χ2v) is 8.59. The third-order valence-electron chi connectivity index (χ3n) is 5.22. The van der Waals surface area contributed by atoms with E-state index in [0.29, 0.717) is 48.0 Å². The van der Waals surface area contributed by atoms with Crippen LogP contribution in [0.1, 0.15) is 41.6 Å². The molecule has 1 saturated carbocycles. The molecule has 10 heteroatoms. The predicted molar refractivity (Wildman–Crippen MR) is 101 cm³/mol. The second kappa shape index (κ2) is 8.22. The van der Waals surface area contributed by atoms with E-state index in [1.54, 1.807) is 4.90 Å². The second-order valence-electron chi connectivity index (χ2n) is 6.94. The minimum absolute atomic E-state index is 0.00568. The molecular formula is C18H18Br2F3NO4. The van der Waals surface area contributed by atoms with Crippen LogP contribution in [0.15, 0.2) is 15.0 Å². The smallest absolute Gasteiger partial charge is 0.490 e. The number of alkyl halides is 3. The zero-order valence-corrected chi connectivity index (χ0v) is 18.1. The van der Waals surface area contributed by atoms with Crippen molar-refractivity contribution in [2.45, 2.75) is 44.4 Å². The number of halogens is 5. The Morgan fingerprint density at radius 1 is 1.25 bits per heavy atom. The van der Waals surface area contributed by atoms with Gasteiger partial charge in [0.2, 0.25) is 0 Å². The lowest BCUT2D eigenvalue weighted by molar-refractivity contribution is -0.201. The van der Waals surface area contributed by atoms with Gasteiger partial charge in [0, 0.05) is 12.6 Å². The van der Waals surface area contributed by atoms with E-state index in [2.05, 4.69) is 36.6 Å². The van der Waals surface area contributed by atoms with E-state index in [0.717, 1.165) is 10.0 Å². The van der Waals surface area contributed by atoms with Crippen LogP contribution in [0.3, 0.4) is 0 Å². The summed E-state index contributed by atoms with van der Waals surface area (Å²) in [7, 11) is 1.53. The van der Waals surface area contributed by atoms with Crippen LogP contribution in [-0.2, 0) is 16.1 Å². The predicted octanol–water partition coefficient (Wildman–Crippen LogP) is 4.84. The summed E-state index contributed by atoms with van der Waals surface area (Å²) in [5, 5.41) is 0. The quantitative estimate of drug-likeness (QED) is 0.525. The van der Waals surface area contributed by atoms with Crippen LogP contribution in [0.5, 0.6) is 5.75 Å². The number of carbonyl (C=O) groups excluding carboxylic acids is 2. The van der Waals surface area contributed by atoms with Gasteiger partial charge >= 0.3 is 12.1 Å². The highest BCUT2D eigenvalue weighted by Crippen LogP contribution is 2.43. The van der Waals surface area contributed by atoms with Gasteiger partial charge in [0.25, 0.3) is 5.91 Å². The molecule has 0 radical (unpaired) electrons. The number of fused-ring (bicyclic) bond motifs is 1. The first kappa shape index (κ1) is 21.4. The first-order valence-electron chi connectivity index (χ1n) is 8.73. The fraction of sp³-hybridized carbons (Fsp3) is 0.556. The zero-order valence-electron chi connectivity index (χ0n) is 14.9. The van der Waals surface area contributed by atoms with E-state index in [4.69, 9.17) is 4.74 Å². The summed E-state index contributed by atoms with van der Waals surface area (Å²) in [4.78, 5) is 25.6. The van der Waals surface area contributed by atoms with E-state index in [1.807, 2.05) is 6.07 Å². The monoisotopic (exact) mass is 527 g/mol. The Balaban J connectivity index is 1.61. The topological polar surface area (TPSA) is 55.8 Å². The standard InChI is InChI=1S/C18H18Br2F3NO4/c1-27-15-12(19)6-10-7-24(16(25)13(10)14(15)20)11-4-2-9(3-5-11)8-28-17(26)18(21,22)23/h6,9,11H,2-5,7-8H2,1H3. The number of nitrogens with zero attached hydrogens (tertiary/aromatic N) is 1. The number of carbonyl (C=O) groups is 2. The van der Waals surface area contributed by atoms with Crippen molar-refractivity contribution < 1.29 is 32.2 Å².